The van der Waals surface area contributed by atoms with Crippen molar-refractivity contribution in [2.75, 3.05) is 26.4 Å². The second-order valence-electron chi connectivity index (χ2n) is 11.5. The Morgan fingerprint density at radius 2 is 1.05 bits per heavy atom. The van der Waals surface area contributed by atoms with Crippen molar-refractivity contribution in [1.82, 2.24) is 0 Å². The minimum Gasteiger partial charge on any atom is -0.394 e. The van der Waals surface area contributed by atoms with E-state index in [1.165, 1.54) is 0 Å². The van der Waals surface area contributed by atoms with Crippen LogP contribution in [-0.4, -0.2) is 173 Å². The van der Waals surface area contributed by atoms with E-state index in [9.17, 15) is 46.0 Å². The van der Waals surface area contributed by atoms with Crippen molar-refractivity contribution in [1.29, 1.82) is 0 Å². The van der Waals surface area contributed by atoms with Crippen LogP contribution in [0.3, 0.4) is 0 Å². The van der Waals surface area contributed by atoms with Crippen molar-refractivity contribution in [3.05, 3.63) is 0 Å². The summed E-state index contributed by atoms with van der Waals surface area (Å²) in [6, 6.07) is 0.770. The van der Waals surface area contributed by atoms with E-state index in [1.807, 2.05) is 0 Å². The van der Waals surface area contributed by atoms with Crippen LogP contribution in [0.1, 0.15) is 0 Å². The summed E-state index contributed by atoms with van der Waals surface area (Å²) in [6.45, 7) is 5.05. The SMILES string of the molecule is C[Si](C)(C)CCO[C@@H]1O[C@H](CO)[C@@H](O[C@@H]2O[C@H](CN)[C@H](O[C@H]3O[C@H](CO)[C@H](O)[C@H](O)[C@H]3O)[C@H](O)[C@H]2O)[C@H](O)[C@H]1O. The summed E-state index contributed by atoms with van der Waals surface area (Å²) in [7, 11) is -1.45. The lowest BCUT2D eigenvalue weighted by atomic mass is 9.96. The molecule has 40 heavy (non-hydrogen) atoms. The van der Waals surface area contributed by atoms with E-state index >= 15 is 0 Å². The predicted molar refractivity (Wildman–Crippen MR) is 135 cm³/mol. The number of ether oxygens (including phenoxy) is 6. The molecule has 3 aliphatic heterocycles. The lowest BCUT2D eigenvalue weighted by Crippen LogP contribution is -2.67. The van der Waals surface area contributed by atoms with Gasteiger partial charge in [-0.1, -0.05) is 19.6 Å². The number of rotatable bonds is 11. The monoisotopic (exact) mass is 603 g/mol. The van der Waals surface area contributed by atoms with Gasteiger partial charge >= 0.3 is 0 Å². The van der Waals surface area contributed by atoms with Gasteiger partial charge in [0.2, 0.25) is 0 Å². The van der Waals surface area contributed by atoms with Gasteiger partial charge in [0, 0.05) is 21.2 Å². The molecule has 11 N–H and O–H groups in total. The molecule has 17 heteroatoms. The summed E-state index contributed by atoms with van der Waals surface area (Å²) in [6.07, 6.45) is -23.0. The average Bonchev–Trinajstić information content (AvgIpc) is 2.91. The zero-order chi connectivity index (χ0) is 29.9. The molecule has 0 amide bonds. The Kier molecular flexibility index (Phi) is 12.2. The Hall–Kier alpha value is -0.423. The maximum absolute atomic E-state index is 10.8. The summed E-state index contributed by atoms with van der Waals surface area (Å²) in [5.41, 5.74) is 5.78. The van der Waals surface area contributed by atoms with Gasteiger partial charge in [-0.25, -0.2) is 0 Å². The maximum Gasteiger partial charge on any atom is 0.187 e. The van der Waals surface area contributed by atoms with Gasteiger partial charge in [0.1, 0.15) is 73.2 Å². The first-order valence-electron chi connectivity index (χ1n) is 13.3. The molecule has 0 saturated carbocycles. The number of aliphatic hydroxyl groups excluding tert-OH is 9. The van der Waals surface area contributed by atoms with Gasteiger partial charge < -0.3 is 80.1 Å². The van der Waals surface area contributed by atoms with Crippen molar-refractivity contribution >= 4 is 8.07 Å². The molecular weight excluding hydrogens is 558 g/mol. The van der Waals surface area contributed by atoms with E-state index in [1.54, 1.807) is 0 Å². The number of hydrogen-bond acceptors (Lipinski definition) is 16. The largest absolute Gasteiger partial charge is 0.394 e. The molecule has 0 aromatic carbocycles. The van der Waals surface area contributed by atoms with E-state index in [4.69, 9.17) is 34.2 Å². The van der Waals surface area contributed by atoms with Crippen LogP contribution in [0.5, 0.6) is 0 Å². The Balaban J connectivity index is 1.67. The standard InChI is InChI=1S/C23H45NO15Si/c1-40(2,3)5-4-34-21-17(32)14(29)20(11(8-26)37-21)39-23-18(33)15(30)19(9(6-24)35-23)38-22-16(31)13(28)12(27)10(7-25)36-22/h9-23,25-33H,4-8,24H2,1-3H3/t9-,10-,11-,12+,13+,14-,15-,16-,17-,18-,19+,20-,21-,22-,23+/m1/s1. The minimum atomic E-state index is -1.83. The van der Waals surface area contributed by atoms with Gasteiger partial charge in [-0.15, -0.1) is 0 Å². The highest BCUT2D eigenvalue weighted by Crippen LogP contribution is 2.32. The number of aliphatic hydroxyl groups is 9. The van der Waals surface area contributed by atoms with Crippen LogP contribution < -0.4 is 5.73 Å². The fraction of sp³-hybridized carbons (Fsp3) is 1.00. The van der Waals surface area contributed by atoms with Crippen LogP contribution in [0, 0.1) is 0 Å². The van der Waals surface area contributed by atoms with Gasteiger partial charge in [-0.2, -0.15) is 0 Å². The maximum atomic E-state index is 10.8. The quantitative estimate of drug-likeness (QED) is 0.0989. The lowest BCUT2D eigenvalue weighted by molar-refractivity contribution is -0.376. The minimum absolute atomic E-state index is 0.276. The van der Waals surface area contributed by atoms with E-state index in [-0.39, 0.29) is 13.2 Å². The first-order valence-corrected chi connectivity index (χ1v) is 17.0. The molecule has 3 rings (SSSR count). The topological polar surface area (TPSA) is 263 Å². The highest BCUT2D eigenvalue weighted by atomic mass is 28.3. The first-order chi connectivity index (χ1) is 18.7. The molecule has 0 aromatic rings. The first kappa shape index (κ1) is 34.1. The van der Waals surface area contributed by atoms with Gasteiger partial charge in [0.05, 0.1) is 13.2 Å². The Morgan fingerprint density at radius 3 is 1.55 bits per heavy atom. The van der Waals surface area contributed by atoms with Crippen LogP contribution in [0.15, 0.2) is 0 Å². The summed E-state index contributed by atoms with van der Waals surface area (Å²) in [4.78, 5) is 0. The van der Waals surface area contributed by atoms with Crippen molar-refractivity contribution in [2.24, 2.45) is 5.73 Å². The molecule has 0 spiro atoms. The van der Waals surface area contributed by atoms with Crippen molar-refractivity contribution in [3.63, 3.8) is 0 Å². The molecule has 3 saturated heterocycles. The molecule has 0 radical (unpaired) electrons. The van der Waals surface area contributed by atoms with E-state index in [0.29, 0.717) is 0 Å². The van der Waals surface area contributed by atoms with Crippen LogP contribution in [-0.2, 0) is 28.4 Å². The molecule has 15 atom stereocenters. The van der Waals surface area contributed by atoms with Gasteiger partial charge in [-0.3, -0.25) is 0 Å². The number of hydrogen-bond donors (Lipinski definition) is 10. The second-order valence-corrected chi connectivity index (χ2v) is 17.2. The Morgan fingerprint density at radius 1 is 0.600 bits per heavy atom. The van der Waals surface area contributed by atoms with E-state index in [2.05, 4.69) is 19.6 Å². The molecule has 16 nitrogen and oxygen atoms in total. The van der Waals surface area contributed by atoms with E-state index < -0.39 is 113 Å². The van der Waals surface area contributed by atoms with Crippen molar-refractivity contribution in [3.8, 4) is 0 Å². The van der Waals surface area contributed by atoms with Crippen LogP contribution in [0.2, 0.25) is 25.7 Å². The van der Waals surface area contributed by atoms with Crippen molar-refractivity contribution in [2.45, 2.75) is 118 Å². The average molecular weight is 604 g/mol. The van der Waals surface area contributed by atoms with Gasteiger partial charge in [0.15, 0.2) is 18.9 Å². The molecule has 3 heterocycles. The Bertz CT molecular complexity index is 773. The molecule has 0 bridgehead atoms. The molecule has 0 aromatic heterocycles. The van der Waals surface area contributed by atoms with Crippen LogP contribution >= 0.6 is 0 Å². The van der Waals surface area contributed by atoms with Crippen molar-refractivity contribution < 1.29 is 74.4 Å². The zero-order valence-corrected chi connectivity index (χ0v) is 23.7. The predicted octanol–water partition coefficient (Wildman–Crippen LogP) is -5.24. The summed E-state index contributed by atoms with van der Waals surface area (Å²) in [5.74, 6) is 0. The summed E-state index contributed by atoms with van der Waals surface area (Å²) >= 11 is 0. The second kappa shape index (κ2) is 14.4. The zero-order valence-electron chi connectivity index (χ0n) is 22.7. The number of nitrogens with two attached hydrogens (primary N) is 1. The van der Waals surface area contributed by atoms with Gasteiger partial charge in [0.25, 0.3) is 0 Å². The molecule has 236 valence electrons. The fourth-order valence-electron chi connectivity index (χ4n) is 4.71. The molecule has 3 fully saturated rings. The Labute approximate surface area is 232 Å². The normalized spacial score (nSPS) is 46.9. The molecule has 3 aliphatic rings. The van der Waals surface area contributed by atoms with Gasteiger partial charge in [-0.05, 0) is 6.04 Å². The van der Waals surface area contributed by atoms with E-state index in [0.717, 1.165) is 6.04 Å². The third-order valence-corrected chi connectivity index (χ3v) is 8.96. The highest BCUT2D eigenvalue weighted by Gasteiger charge is 2.53. The third kappa shape index (κ3) is 7.74. The molecule has 0 aliphatic carbocycles. The lowest BCUT2D eigenvalue weighted by Gasteiger charge is -2.48. The van der Waals surface area contributed by atoms with Crippen LogP contribution in [0.4, 0.5) is 0 Å². The summed E-state index contributed by atoms with van der Waals surface area (Å²) in [5, 5.41) is 92.5. The molecular formula is C23H45NO15Si. The molecule has 0 unspecified atom stereocenters. The third-order valence-electron chi connectivity index (χ3n) is 7.26. The smallest absolute Gasteiger partial charge is 0.187 e. The fourth-order valence-corrected chi connectivity index (χ4v) is 5.44. The highest BCUT2D eigenvalue weighted by molar-refractivity contribution is 6.76. The van der Waals surface area contributed by atoms with Crippen LogP contribution in [0.25, 0.3) is 0 Å². The summed E-state index contributed by atoms with van der Waals surface area (Å²) < 4.78 is 33.5.